The number of ether oxygens (including phenoxy) is 1. The van der Waals surface area contributed by atoms with Crippen molar-refractivity contribution in [3.05, 3.63) is 74.3 Å². The van der Waals surface area contributed by atoms with Crippen LogP contribution in [-0.4, -0.2) is 22.9 Å². The molecule has 0 saturated carbocycles. The van der Waals surface area contributed by atoms with Crippen molar-refractivity contribution in [3.8, 4) is 0 Å². The molecular weight excluding hydrogens is 384 g/mol. The van der Waals surface area contributed by atoms with Gasteiger partial charge in [0.25, 0.3) is 11.6 Å². The van der Waals surface area contributed by atoms with E-state index in [2.05, 4.69) is 5.32 Å². The quantitative estimate of drug-likeness (QED) is 0.463. The van der Waals surface area contributed by atoms with Gasteiger partial charge in [0.2, 0.25) is 0 Å². The number of carbonyl (C=O) groups excluding carboxylic acids is 2. The largest absolute Gasteiger partial charge is 0.449 e. The Hall–Kier alpha value is -2.93. The highest BCUT2D eigenvalue weighted by Gasteiger charge is 2.26. The molecule has 2 atom stereocenters. The zero-order chi connectivity index (χ0) is 20.3. The lowest BCUT2D eigenvalue weighted by Crippen LogP contribution is -2.39. The number of fused-ring (bicyclic) bond motifs is 1. The first kappa shape index (κ1) is 19.8. The number of hydrogen-bond acceptors (Lipinski definition) is 5. The molecule has 1 N–H and O–H groups in total. The molecule has 0 bridgehead atoms. The monoisotopic (exact) mass is 402 g/mol. The smallest absolute Gasteiger partial charge is 0.340 e. The highest BCUT2D eigenvalue weighted by atomic mass is 35.5. The summed E-state index contributed by atoms with van der Waals surface area (Å²) in [6.07, 6.45) is 1.73. The van der Waals surface area contributed by atoms with Gasteiger partial charge in [0.05, 0.1) is 21.6 Å². The number of carbonyl (C=O) groups is 2. The molecule has 1 aliphatic rings. The molecule has 0 saturated heterocycles. The Balaban J connectivity index is 1.65. The fraction of sp³-hybridized carbons (Fsp3) is 0.300. The number of benzene rings is 2. The molecule has 0 fully saturated rings. The van der Waals surface area contributed by atoms with Crippen LogP contribution in [0, 0.1) is 10.1 Å². The van der Waals surface area contributed by atoms with Crippen LogP contribution in [0.25, 0.3) is 0 Å². The summed E-state index contributed by atoms with van der Waals surface area (Å²) >= 11 is 5.94. The zero-order valence-corrected chi connectivity index (χ0v) is 15.9. The first-order valence-corrected chi connectivity index (χ1v) is 9.27. The van der Waals surface area contributed by atoms with E-state index in [1.807, 2.05) is 24.3 Å². The van der Waals surface area contributed by atoms with E-state index in [1.165, 1.54) is 18.6 Å². The van der Waals surface area contributed by atoms with Crippen LogP contribution in [0.2, 0.25) is 5.02 Å². The summed E-state index contributed by atoms with van der Waals surface area (Å²) in [6, 6.07) is 11.3. The maximum atomic E-state index is 12.5. The van der Waals surface area contributed by atoms with Gasteiger partial charge >= 0.3 is 5.97 Å². The van der Waals surface area contributed by atoms with Gasteiger partial charge in [-0.3, -0.25) is 14.9 Å². The average molecular weight is 403 g/mol. The van der Waals surface area contributed by atoms with Crippen molar-refractivity contribution in [3.63, 3.8) is 0 Å². The van der Waals surface area contributed by atoms with Crippen LogP contribution in [-0.2, 0) is 16.0 Å². The summed E-state index contributed by atoms with van der Waals surface area (Å²) in [4.78, 5) is 34.9. The number of halogens is 1. The number of hydrogen-bond donors (Lipinski definition) is 1. The number of esters is 1. The normalized spacial score (nSPS) is 16.6. The Morgan fingerprint density at radius 2 is 2.04 bits per heavy atom. The van der Waals surface area contributed by atoms with Gasteiger partial charge in [-0.05, 0) is 43.4 Å². The van der Waals surface area contributed by atoms with E-state index in [9.17, 15) is 19.7 Å². The number of nitrogens with one attached hydrogen (secondary N) is 1. The Bertz CT molecular complexity index is 931. The third-order valence-electron chi connectivity index (χ3n) is 4.72. The Labute approximate surface area is 166 Å². The van der Waals surface area contributed by atoms with Crippen LogP contribution in [0.5, 0.6) is 0 Å². The predicted octanol–water partition coefficient (Wildman–Crippen LogP) is 3.99. The number of amides is 1. The number of rotatable bonds is 5. The molecule has 1 amide bonds. The lowest BCUT2D eigenvalue weighted by molar-refractivity contribution is -0.384. The summed E-state index contributed by atoms with van der Waals surface area (Å²) in [5.41, 5.74) is 2.03. The van der Waals surface area contributed by atoms with Crippen LogP contribution in [0.3, 0.4) is 0 Å². The zero-order valence-electron chi connectivity index (χ0n) is 15.2. The molecule has 2 aromatic carbocycles. The van der Waals surface area contributed by atoms with Gasteiger partial charge in [-0.1, -0.05) is 35.9 Å². The van der Waals surface area contributed by atoms with Gasteiger partial charge in [-0.25, -0.2) is 4.79 Å². The van der Waals surface area contributed by atoms with Gasteiger partial charge in [0.15, 0.2) is 6.10 Å². The Morgan fingerprint density at radius 1 is 1.29 bits per heavy atom. The van der Waals surface area contributed by atoms with Crippen LogP contribution >= 0.6 is 11.6 Å². The summed E-state index contributed by atoms with van der Waals surface area (Å²) in [6.45, 7) is 1.47. The lowest BCUT2D eigenvalue weighted by Gasteiger charge is -2.27. The highest BCUT2D eigenvalue weighted by Crippen LogP contribution is 2.29. The minimum Gasteiger partial charge on any atom is -0.449 e. The molecular formula is C20H19ClN2O5. The van der Waals surface area contributed by atoms with E-state index in [1.54, 1.807) is 0 Å². The molecule has 0 spiro atoms. The third-order valence-corrected chi connectivity index (χ3v) is 5.04. The molecule has 7 nitrogen and oxygen atoms in total. The van der Waals surface area contributed by atoms with Gasteiger partial charge in [-0.15, -0.1) is 0 Å². The van der Waals surface area contributed by atoms with Crippen molar-refractivity contribution >= 4 is 29.2 Å². The molecule has 1 aliphatic carbocycles. The number of non-ortho nitro benzene ring substituents is 1. The fourth-order valence-corrected chi connectivity index (χ4v) is 3.51. The van der Waals surface area contributed by atoms with Crippen molar-refractivity contribution in [2.45, 2.75) is 38.3 Å². The number of nitrogens with zero attached hydrogens (tertiary/aromatic N) is 1. The number of nitro benzene ring substituents is 1. The van der Waals surface area contributed by atoms with Crippen LogP contribution in [0.1, 0.15) is 47.3 Å². The highest BCUT2D eigenvalue weighted by molar-refractivity contribution is 6.33. The van der Waals surface area contributed by atoms with E-state index in [0.29, 0.717) is 0 Å². The van der Waals surface area contributed by atoms with Crippen molar-refractivity contribution in [1.82, 2.24) is 5.32 Å². The maximum Gasteiger partial charge on any atom is 0.340 e. The van der Waals surface area contributed by atoms with Crippen LogP contribution < -0.4 is 5.32 Å². The minimum atomic E-state index is -1.03. The van der Waals surface area contributed by atoms with Gasteiger partial charge in [0.1, 0.15) is 0 Å². The summed E-state index contributed by atoms with van der Waals surface area (Å²) in [5, 5.41) is 13.6. The molecule has 146 valence electrons. The second-order valence-corrected chi connectivity index (χ2v) is 7.03. The third kappa shape index (κ3) is 4.31. The SMILES string of the molecule is C[C@@H](OC(=O)c1ccc([N+](=O)[O-])cc1Cl)C(=O)N[C@H]1CCCc2ccccc21. The van der Waals surface area contributed by atoms with Gasteiger partial charge in [0, 0.05) is 12.1 Å². The van der Waals surface area contributed by atoms with Gasteiger partial charge in [-0.2, -0.15) is 0 Å². The van der Waals surface area contributed by atoms with Crippen molar-refractivity contribution in [2.24, 2.45) is 0 Å². The van der Waals surface area contributed by atoms with E-state index >= 15 is 0 Å². The van der Waals surface area contributed by atoms with Crippen LogP contribution in [0.15, 0.2) is 42.5 Å². The Morgan fingerprint density at radius 3 is 2.75 bits per heavy atom. The van der Waals surface area contributed by atoms with E-state index in [-0.39, 0.29) is 22.3 Å². The molecule has 2 aromatic rings. The summed E-state index contributed by atoms with van der Waals surface area (Å²) < 4.78 is 5.20. The standard InChI is InChI=1S/C20H19ClN2O5/c1-12(28-20(25)16-10-9-14(23(26)27)11-17(16)21)19(24)22-18-8-4-6-13-5-2-3-7-15(13)18/h2-3,5,7,9-12,18H,4,6,8H2,1H3,(H,22,24)/t12-,18+/m1/s1. The van der Waals surface area contributed by atoms with E-state index < -0.39 is 22.9 Å². The molecule has 8 heteroatoms. The summed E-state index contributed by atoms with van der Waals surface area (Å²) in [7, 11) is 0. The first-order chi connectivity index (χ1) is 13.4. The second kappa shape index (κ2) is 8.39. The van der Waals surface area contributed by atoms with E-state index in [4.69, 9.17) is 16.3 Å². The molecule has 28 heavy (non-hydrogen) atoms. The first-order valence-electron chi connectivity index (χ1n) is 8.90. The Kier molecular flexibility index (Phi) is 5.94. The lowest BCUT2D eigenvalue weighted by atomic mass is 9.87. The van der Waals surface area contributed by atoms with Crippen molar-refractivity contribution < 1.29 is 19.2 Å². The van der Waals surface area contributed by atoms with Gasteiger partial charge < -0.3 is 10.1 Å². The number of aryl methyl sites for hydroxylation is 1. The molecule has 0 unspecified atom stereocenters. The minimum absolute atomic E-state index is 0.0325. The molecule has 0 heterocycles. The number of nitro groups is 1. The van der Waals surface area contributed by atoms with E-state index in [0.717, 1.165) is 37.0 Å². The van der Waals surface area contributed by atoms with Crippen molar-refractivity contribution in [2.75, 3.05) is 0 Å². The molecule has 0 aliphatic heterocycles. The van der Waals surface area contributed by atoms with Crippen molar-refractivity contribution in [1.29, 1.82) is 0 Å². The topological polar surface area (TPSA) is 98.5 Å². The van der Waals surface area contributed by atoms with Crippen LogP contribution in [0.4, 0.5) is 5.69 Å². The maximum absolute atomic E-state index is 12.5. The molecule has 0 radical (unpaired) electrons. The average Bonchev–Trinajstić information content (AvgIpc) is 2.67. The second-order valence-electron chi connectivity index (χ2n) is 6.62. The predicted molar refractivity (Wildman–Crippen MR) is 103 cm³/mol. The fourth-order valence-electron chi connectivity index (χ4n) is 3.25. The molecule has 3 rings (SSSR count). The summed E-state index contributed by atoms with van der Waals surface area (Å²) in [5.74, 6) is -1.22. The molecule has 0 aromatic heterocycles.